The molecule has 0 unspecified atom stereocenters. The van der Waals surface area contributed by atoms with Gasteiger partial charge in [-0.15, -0.1) is 11.8 Å². The van der Waals surface area contributed by atoms with Gasteiger partial charge in [0.1, 0.15) is 11.4 Å². The van der Waals surface area contributed by atoms with E-state index in [0.29, 0.717) is 31.0 Å². The van der Waals surface area contributed by atoms with Crippen LogP contribution in [0.25, 0.3) is 17.0 Å². The molecular weight excluding hydrogens is 646 g/mol. The van der Waals surface area contributed by atoms with E-state index >= 15 is 0 Å². The maximum absolute atomic E-state index is 12.7. The van der Waals surface area contributed by atoms with Crippen LogP contribution >= 0.6 is 23.4 Å². The maximum Gasteiger partial charge on any atom is 0.352 e. The summed E-state index contributed by atoms with van der Waals surface area (Å²) in [6, 6.07) is 10.5. The van der Waals surface area contributed by atoms with Crippen molar-refractivity contribution >= 4 is 58.2 Å². The number of halogens is 1. The number of benzene rings is 2. The van der Waals surface area contributed by atoms with Gasteiger partial charge >= 0.3 is 5.97 Å². The van der Waals surface area contributed by atoms with E-state index in [-0.39, 0.29) is 5.69 Å². The first kappa shape index (κ1) is 32.6. The summed E-state index contributed by atoms with van der Waals surface area (Å²) in [5, 5.41) is 27.1. The normalized spacial score (nSPS) is 19.5. The second kappa shape index (κ2) is 13.9. The molecule has 1 saturated heterocycles. The first-order valence-electron chi connectivity index (χ1n) is 16.7. The summed E-state index contributed by atoms with van der Waals surface area (Å²) in [6.45, 7) is 3.60. The fraction of sp³-hybridized carbons (Fsp3) is 0.417. The number of nitrogens with one attached hydrogen (secondary N) is 1. The molecule has 48 heavy (non-hydrogen) atoms. The number of ether oxygens (including phenoxy) is 1. The van der Waals surface area contributed by atoms with Crippen LogP contribution in [0.4, 0.5) is 5.69 Å². The Morgan fingerprint density at radius 1 is 1.08 bits per heavy atom. The van der Waals surface area contributed by atoms with Crippen molar-refractivity contribution in [2.45, 2.75) is 55.7 Å². The number of hydrogen-bond acceptors (Lipinski definition) is 8. The zero-order chi connectivity index (χ0) is 33.4. The first-order valence-corrected chi connectivity index (χ1v) is 18.0. The molecule has 0 aliphatic carbocycles. The lowest BCUT2D eigenvalue weighted by molar-refractivity contribution is 0.0685. The maximum atomic E-state index is 12.7. The van der Waals surface area contributed by atoms with Crippen molar-refractivity contribution in [3.63, 3.8) is 0 Å². The average molecular weight is 688 g/mol. The molecule has 0 saturated carbocycles. The van der Waals surface area contributed by atoms with Gasteiger partial charge in [-0.2, -0.15) is 10.2 Å². The van der Waals surface area contributed by atoms with Crippen molar-refractivity contribution < 1.29 is 14.6 Å². The second-order valence-electron chi connectivity index (χ2n) is 12.9. The average Bonchev–Trinajstić information content (AvgIpc) is 3.73. The lowest BCUT2D eigenvalue weighted by Gasteiger charge is -2.22. The van der Waals surface area contributed by atoms with Crippen LogP contribution < -0.4 is 10.1 Å². The van der Waals surface area contributed by atoms with E-state index < -0.39 is 5.97 Å². The Kier molecular flexibility index (Phi) is 9.44. The molecule has 12 heteroatoms. The molecule has 252 valence electrons. The minimum atomic E-state index is -0.948. The van der Waals surface area contributed by atoms with Crippen LogP contribution in [0.5, 0.6) is 5.75 Å². The number of fused-ring (bicyclic) bond motifs is 7. The number of rotatable bonds is 1. The Hall–Kier alpha value is -3.93. The molecule has 0 atom stereocenters. The molecule has 0 spiro atoms. The number of thioether (sulfide) groups is 1. The third kappa shape index (κ3) is 6.55. The van der Waals surface area contributed by atoms with Gasteiger partial charge in [-0.25, -0.2) is 4.79 Å². The molecule has 8 bridgehead atoms. The lowest BCUT2D eigenvalue weighted by Crippen LogP contribution is -2.21. The summed E-state index contributed by atoms with van der Waals surface area (Å²) >= 11 is 8.64. The van der Waals surface area contributed by atoms with E-state index in [0.717, 1.165) is 95.9 Å². The van der Waals surface area contributed by atoms with Gasteiger partial charge in [-0.1, -0.05) is 17.7 Å². The number of allylic oxidation sites excluding steroid dienone is 1. The van der Waals surface area contributed by atoms with Gasteiger partial charge in [-0.3, -0.25) is 14.6 Å². The van der Waals surface area contributed by atoms with Gasteiger partial charge in [0.05, 0.1) is 23.5 Å². The first-order chi connectivity index (χ1) is 23.3. The fourth-order valence-electron chi connectivity index (χ4n) is 7.14. The molecular formula is C36H42ClN7O3S. The van der Waals surface area contributed by atoms with Gasteiger partial charge < -0.3 is 19.7 Å². The largest absolute Gasteiger partial charge is 0.491 e. The van der Waals surface area contributed by atoms with Crippen LogP contribution in [0.1, 0.15) is 64.2 Å². The van der Waals surface area contributed by atoms with Crippen molar-refractivity contribution in [1.29, 1.82) is 0 Å². The molecule has 5 heterocycles. The van der Waals surface area contributed by atoms with Gasteiger partial charge in [0.15, 0.2) is 0 Å². The summed E-state index contributed by atoms with van der Waals surface area (Å²) in [4.78, 5) is 16.0. The minimum absolute atomic E-state index is 0.289. The molecule has 4 aromatic rings. The number of carboxylic acids is 1. The van der Waals surface area contributed by atoms with Crippen molar-refractivity contribution in [1.82, 2.24) is 24.3 Å². The predicted octanol–water partition coefficient (Wildman–Crippen LogP) is 6.79. The van der Waals surface area contributed by atoms with Crippen LogP contribution in [-0.2, 0) is 39.2 Å². The number of hydrogen-bond donors (Lipinski definition) is 2. The van der Waals surface area contributed by atoms with E-state index in [1.807, 2.05) is 42.1 Å². The Bertz CT molecular complexity index is 1930. The molecule has 2 aromatic carbocycles. The molecule has 0 radical (unpaired) electrons. The molecule has 0 amide bonds. The topological polar surface area (TPSA) is 100 Å². The molecule has 3 aliphatic heterocycles. The Balaban J connectivity index is 1.27. The van der Waals surface area contributed by atoms with Crippen molar-refractivity contribution in [3.8, 4) is 5.75 Å². The zero-order valence-corrected chi connectivity index (χ0v) is 29.3. The van der Waals surface area contributed by atoms with Crippen LogP contribution in [0.15, 0.2) is 46.0 Å². The lowest BCUT2D eigenvalue weighted by atomic mass is 10.0. The molecule has 7 rings (SSSR count). The number of nitrogens with zero attached hydrogens (tertiary/aromatic N) is 6. The van der Waals surface area contributed by atoms with Crippen LogP contribution in [0.2, 0.25) is 5.02 Å². The summed E-state index contributed by atoms with van der Waals surface area (Å²) in [5.41, 5.74) is 8.36. The Labute approximate surface area is 290 Å². The third-order valence-corrected chi connectivity index (χ3v) is 10.8. The summed E-state index contributed by atoms with van der Waals surface area (Å²) < 4.78 is 10.2. The molecule has 3 aliphatic rings. The van der Waals surface area contributed by atoms with Crippen LogP contribution in [0.3, 0.4) is 0 Å². The number of aromatic nitrogens is 3. The van der Waals surface area contributed by atoms with Gasteiger partial charge in [-0.05, 0) is 87.0 Å². The van der Waals surface area contributed by atoms with E-state index in [4.69, 9.17) is 26.5 Å². The number of carbonyl (C=O) groups is 1. The van der Waals surface area contributed by atoms with Crippen LogP contribution in [0, 0.1) is 0 Å². The number of aromatic carboxylic acids is 1. The van der Waals surface area contributed by atoms with E-state index in [1.54, 1.807) is 16.3 Å². The quantitative estimate of drug-likeness (QED) is 0.226. The second-order valence-corrected chi connectivity index (χ2v) is 14.3. The Morgan fingerprint density at radius 2 is 1.96 bits per heavy atom. The number of anilines is 1. The molecule has 2 N–H and O–H groups in total. The number of aryl methyl sites for hydroxylation is 4. The van der Waals surface area contributed by atoms with Crippen molar-refractivity contribution in [3.05, 3.63) is 74.8 Å². The van der Waals surface area contributed by atoms with Gasteiger partial charge in [0, 0.05) is 84.5 Å². The van der Waals surface area contributed by atoms with Gasteiger partial charge in [0.25, 0.3) is 0 Å². The summed E-state index contributed by atoms with van der Waals surface area (Å²) in [7, 11) is 5.91. The van der Waals surface area contributed by atoms with Crippen molar-refractivity contribution in [2.75, 3.05) is 38.6 Å². The van der Waals surface area contributed by atoms with E-state index in [2.05, 4.69) is 41.5 Å². The van der Waals surface area contributed by atoms with E-state index in [1.165, 1.54) is 16.2 Å². The van der Waals surface area contributed by atoms with Crippen molar-refractivity contribution in [2.24, 2.45) is 19.2 Å². The highest BCUT2D eigenvalue weighted by Crippen LogP contribution is 2.39. The summed E-state index contributed by atoms with van der Waals surface area (Å²) in [5.74, 6) is 0.711. The smallest absolute Gasteiger partial charge is 0.352 e. The molecule has 2 aromatic heterocycles. The molecule has 10 nitrogen and oxygen atoms in total. The highest BCUT2D eigenvalue weighted by molar-refractivity contribution is 7.98. The fourth-order valence-corrected chi connectivity index (χ4v) is 8.35. The number of hydrazone groups is 1. The molecule has 1 fully saturated rings. The standard InChI is InChI=1S/C36H42ClN7O3S/c1-41-15-13-39-44-14-5-8-25(44)19-30-31(37)11-10-29-28(35(36(45)46)42(2)34(29)30)9-6-16-47-32-20-27(17-23-7-4-12-38-33(23)32)48-22-26-18-24(21-41)40-43(26)3/h10-11,13,17-20,38H,4-9,12,14-16,21-22H2,1-3H3,(H,45,46)/b25-19+,39-13+. The predicted molar refractivity (Wildman–Crippen MR) is 193 cm³/mol. The van der Waals surface area contributed by atoms with E-state index in [9.17, 15) is 9.90 Å². The van der Waals surface area contributed by atoms with Crippen LogP contribution in [-0.4, -0.2) is 74.8 Å². The zero-order valence-electron chi connectivity index (χ0n) is 27.8. The highest BCUT2D eigenvalue weighted by atomic mass is 35.5. The monoisotopic (exact) mass is 687 g/mol. The Morgan fingerprint density at radius 3 is 2.81 bits per heavy atom. The SMILES string of the molecule is CN1C/C=N/N2CCC/C2=C\c2c(Cl)ccc3c(c(C(=O)O)n(C)c23)CCCOc2cc(cc3c2NCCC3)SCc2cc(nn2C)C1. The highest BCUT2D eigenvalue weighted by Gasteiger charge is 2.25. The third-order valence-electron chi connectivity index (χ3n) is 9.46. The van der Waals surface area contributed by atoms with Gasteiger partial charge in [0.2, 0.25) is 0 Å². The minimum Gasteiger partial charge on any atom is -0.491 e. The summed E-state index contributed by atoms with van der Waals surface area (Å²) in [6.07, 6.45) is 9.22. The number of carboxylic acid groups (broad SMARTS) is 1.